The minimum absolute atomic E-state index is 0.0392. The summed E-state index contributed by atoms with van der Waals surface area (Å²) in [6, 6.07) is 11.8. The van der Waals surface area contributed by atoms with Crippen molar-refractivity contribution in [3.63, 3.8) is 0 Å². The summed E-state index contributed by atoms with van der Waals surface area (Å²) in [6.45, 7) is 0.633. The number of halogens is 2. The highest BCUT2D eigenvalue weighted by atomic mass is 35.5. The van der Waals surface area contributed by atoms with Crippen molar-refractivity contribution in [2.45, 2.75) is 13.2 Å². The first-order chi connectivity index (χ1) is 8.69. The molecule has 4 heteroatoms. The van der Waals surface area contributed by atoms with Gasteiger partial charge in [0.15, 0.2) is 0 Å². The summed E-state index contributed by atoms with van der Waals surface area (Å²) >= 11 is 5.91. The topological polar surface area (TPSA) is 32.3 Å². The lowest BCUT2D eigenvalue weighted by Crippen LogP contribution is -2.00. The van der Waals surface area contributed by atoms with Crippen LogP contribution in [0.1, 0.15) is 11.1 Å². The van der Waals surface area contributed by atoms with Crippen LogP contribution in [0.25, 0.3) is 0 Å². The summed E-state index contributed by atoms with van der Waals surface area (Å²) in [5, 5.41) is 12.4. The van der Waals surface area contributed by atoms with Gasteiger partial charge >= 0.3 is 0 Å². The van der Waals surface area contributed by atoms with Gasteiger partial charge in [-0.25, -0.2) is 4.39 Å². The molecule has 0 saturated heterocycles. The quantitative estimate of drug-likeness (QED) is 0.886. The van der Waals surface area contributed by atoms with Crippen molar-refractivity contribution in [3.05, 3.63) is 64.4 Å². The molecular weight excluding hydrogens is 253 g/mol. The Kier molecular flexibility index (Phi) is 4.18. The van der Waals surface area contributed by atoms with Crippen LogP contribution in [0, 0.1) is 5.82 Å². The predicted octanol–water partition coefficient (Wildman–Crippen LogP) is 3.58. The van der Waals surface area contributed by atoms with Gasteiger partial charge in [0.2, 0.25) is 0 Å². The van der Waals surface area contributed by atoms with Crippen LogP contribution in [0.5, 0.6) is 0 Å². The van der Waals surface area contributed by atoms with Gasteiger partial charge in [0, 0.05) is 6.54 Å². The third-order valence-corrected chi connectivity index (χ3v) is 2.93. The zero-order valence-corrected chi connectivity index (χ0v) is 10.4. The predicted molar refractivity (Wildman–Crippen MR) is 71.1 cm³/mol. The van der Waals surface area contributed by atoms with E-state index in [9.17, 15) is 4.39 Å². The zero-order valence-electron chi connectivity index (χ0n) is 9.66. The Morgan fingerprint density at radius 3 is 2.33 bits per heavy atom. The highest BCUT2D eigenvalue weighted by Gasteiger charge is 2.01. The summed E-state index contributed by atoms with van der Waals surface area (Å²) in [5.74, 6) is -0.349. The van der Waals surface area contributed by atoms with Crippen LogP contribution in [0.4, 0.5) is 10.1 Å². The molecule has 0 amide bonds. The van der Waals surface area contributed by atoms with Gasteiger partial charge in [0.25, 0.3) is 0 Å². The standard InChI is InChI=1S/C14H13ClFNO/c15-13-7-12(16)5-6-14(13)17-8-10-1-3-11(9-18)4-2-10/h1-7,17-18H,8-9H2. The summed E-state index contributed by atoms with van der Waals surface area (Å²) in [7, 11) is 0. The molecule has 2 aromatic carbocycles. The summed E-state index contributed by atoms with van der Waals surface area (Å²) in [4.78, 5) is 0. The molecule has 2 rings (SSSR count). The van der Waals surface area contributed by atoms with Crippen LogP contribution in [0.3, 0.4) is 0 Å². The van der Waals surface area contributed by atoms with E-state index in [1.165, 1.54) is 12.1 Å². The fourth-order valence-electron chi connectivity index (χ4n) is 1.59. The van der Waals surface area contributed by atoms with E-state index in [1.807, 2.05) is 24.3 Å². The molecule has 0 heterocycles. The molecule has 2 aromatic rings. The maximum Gasteiger partial charge on any atom is 0.124 e. The van der Waals surface area contributed by atoms with E-state index < -0.39 is 0 Å². The number of hydrogen-bond donors (Lipinski definition) is 2. The Balaban J connectivity index is 2.02. The van der Waals surface area contributed by atoms with E-state index in [0.29, 0.717) is 17.3 Å². The lowest BCUT2D eigenvalue weighted by Gasteiger charge is -2.08. The van der Waals surface area contributed by atoms with E-state index in [-0.39, 0.29) is 12.4 Å². The molecule has 0 aromatic heterocycles. The third-order valence-electron chi connectivity index (χ3n) is 2.62. The molecule has 0 atom stereocenters. The molecule has 0 radical (unpaired) electrons. The first kappa shape index (κ1) is 12.9. The fraction of sp³-hybridized carbons (Fsp3) is 0.143. The van der Waals surface area contributed by atoms with Crippen molar-refractivity contribution < 1.29 is 9.50 Å². The van der Waals surface area contributed by atoms with E-state index in [1.54, 1.807) is 6.07 Å². The minimum atomic E-state index is -0.349. The zero-order chi connectivity index (χ0) is 13.0. The SMILES string of the molecule is OCc1ccc(CNc2ccc(F)cc2Cl)cc1. The first-order valence-electron chi connectivity index (χ1n) is 5.56. The van der Waals surface area contributed by atoms with Crippen LogP contribution >= 0.6 is 11.6 Å². The van der Waals surface area contributed by atoms with Gasteiger partial charge in [-0.05, 0) is 29.3 Å². The Morgan fingerprint density at radius 1 is 1.06 bits per heavy atom. The second kappa shape index (κ2) is 5.85. The second-order valence-corrected chi connectivity index (χ2v) is 4.36. The number of benzene rings is 2. The Labute approximate surface area is 110 Å². The Hall–Kier alpha value is -1.58. The highest BCUT2D eigenvalue weighted by Crippen LogP contribution is 2.22. The molecule has 0 aliphatic heterocycles. The van der Waals surface area contributed by atoms with Gasteiger partial charge in [-0.15, -0.1) is 0 Å². The first-order valence-corrected chi connectivity index (χ1v) is 5.94. The van der Waals surface area contributed by atoms with Crippen molar-refractivity contribution in [1.82, 2.24) is 0 Å². The lowest BCUT2D eigenvalue weighted by molar-refractivity contribution is 0.282. The number of aliphatic hydroxyl groups excluding tert-OH is 1. The van der Waals surface area contributed by atoms with Crippen molar-refractivity contribution in [1.29, 1.82) is 0 Å². The van der Waals surface area contributed by atoms with Crippen LogP contribution in [0.15, 0.2) is 42.5 Å². The second-order valence-electron chi connectivity index (χ2n) is 3.95. The van der Waals surface area contributed by atoms with Gasteiger partial charge in [-0.1, -0.05) is 35.9 Å². The van der Waals surface area contributed by atoms with Gasteiger partial charge < -0.3 is 10.4 Å². The molecule has 0 bridgehead atoms. The van der Waals surface area contributed by atoms with Crippen LogP contribution < -0.4 is 5.32 Å². The fourth-order valence-corrected chi connectivity index (χ4v) is 1.83. The maximum absolute atomic E-state index is 12.9. The normalized spacial score (nSPS) is 10.4. The summed E-state index contributed by atoms with van der Waals surface area (Å²) < 4.78 is 12.9. The number of hydrogen-bond acceptors (Lipinski definition) is 2. The lowest BCUT2D eigenvalue weighted by atomic mass is 10.1. The summed E-state index contributed by atoms with van der Waals surface area (Å²) in [6.07, 6.45) is 0. The number of anilines is 1. The molecule has 0 fully saturated rings. The van der Waals surface area contributed by atoms with Crippen molar-refractivity contribution in [3.8, 4) is 0 Å². The van der Waals surface area contributed by atoms with Crippen molar-refractivity contribution in [2.75, 3.05) is 5.32 Å². The van der Waals surface area contributed by atoms with Crippen molar-refractivity contribution in [2.24, 2.45) is 0 Å². The average Bonchev–Trinajstić information content (AvgIpc) is 2.38. The van der Waals surface area contributed by atoms with Gasteiger partial charge in [0.1, 0.15) is 5.82 Å². The molecule has 0 unspecified atom stereocenters. The highest BCUT2D eigenvalue weighted by molar-refractivity contribution is 6.33. The van der Waals surface area contributed by atoms with E-state index >= 15 is 0 Å². The molecular formula is C14H13ClFNO. The minimum Gasteiger partial charge on any atom is -0.392 e. The molecule has 94 valence electrons. The average molecular weight is 266 g/mol. The van der Waals surface area contributed by atoms with Crippen LogP contribution in [0.2, 0.25) is 5.02 Å². The van der Waals surface area contributed by atoms with Crippen molar-refractivity contribution >= 4 is 17.3 Å². The molecule has 0 saturated carbocycles. The number of nitrogens with one attached hydrogen (secondary N) is 1. The number of aliphatic hydroxyl groups is 1. The van der Waals surface area contributed by atoms with E-state index in [2.05, 4.69) is 5.32 Å². The molecule has 2 nitrogen and oxygen atoms in total. The molecule has 18 heavy (non-hydrogen) atoms. The van der Waals surface area contributed by atoms with Gasteiger partial charge in [0.05, 0.1) is 17.3 Å². The van der Waals surface area contributed by atoms with Crippen LogP contribution in [-0.4, -0.2) is 5.11 Å². The Bertz CT molecular complexity index is 528. The van der Waals surface area contributed by atoms with Crippen LogP contribution in [-0.2, 0) is 13.2 Å². The van der Waals surface area contributed by atoms with Gasteiger partial charge in [-0.3, -0.25) is 0 Å². The molecule has 0 aliphatic rings. The summed E-state index contributed by atoms with van der Waals surface area (Å²) in [5.41, 5.74) is 2.63. The number of rotatable bonds is 4. The Morgan fingerprint density at radius 2 is 1.72 bits per heavy atom. The van der Waals surface area contributed by atoms with E-state index in [4.69, 9.17) is 16.7 Å². The monoisotopic (exact) mass is 265 g/mol. The third kappa shape index (κ3) is 3.22. The molecule has 0 spiro atoms. The van der Waals surface area contributed by atoms with Gasteiger partial charge in [-0.2, -0.15) is 0 Å². The molecule has 2 N–H and O–H groups in total. The molecule has 0 aliphatic carbocycles. The maximum atomic E-state index is 12.9. The largest absolute Gasteiger partial charge is 0.392 e. The smallest absolute Gasteiger partial charge is 0.124 e. The van der Waals surface area contributed by atoms with E-state index in [0.717, 1.165) is 11.1 Å².